The number of hydrogen-bond acceptors (Lipinski definition) is 7. The lowest BCUT2D eigenvalue weighted by molar-refractivity contribution is -0.148. The molecule has 0 aliphatic heterocycles. The quantitative estimate of drug-likeness (QED) is 0.305. The Labute approximate surface area is 217 Å². The van der Waals surface area contributed by atoms with E-state index in [4.69, 9.17) is 25.8 Å². The van der Waals surface area contributed by atoms with Crippen molar-refractivity contribution in [2.45, 2.75) is 25.8 Å². The molecule has 14 heteroatoms. The van der Waals surface area contributed by atoms with Gasteiger partial charge in [0, 0.05) is 19.2 Å². The molecule has 0 saturated carbocycles. The van der Waals surface area contributed by atoms with E-state index in [2.05, 4.69) is 4.74 Å². The van der Waals surface area contributed by atoms with Crippen molar-refractivity contribution in [3.8, 4) is 22.9 Å². The lowest BCUT2D eigenvalue weighted by Gasteiger charge is -2.17. The van der Waals surface area contributed by atoms with Gasteiger partial charge in [0.2, 0.25) is 0 Å². The number of aromatic nitrogens is 2. The van der Waals surface area contributed by atoms with Gasteiger partial charge in [-0.1, -0.05) is 17.7 Å². The van der Waals surface area contributed by atoms with Crippen molar-refractivity contribution in [2.75, 3.05) is 14.2 Å². The van der Waals surface area contributed by atoms with Crippen molar-refractivity contribution in [1.29, 1.82) is 0 Å². The minimum Gasteiger partial charge on any atom is -0.493 e. The average Bonchev–Trinajstić information content (AvgIpc) is 2.86. The van der Waals surface area contributed by atoms with Crippen LogP contribution in [0.25, 0.3) is 5.69 Å². The molecule has 3 rings (SSSR count). The number of methoxy groups -OCH3 is 2. The molecule has 2 aromatic carbocycles. The molecule has 1 atom stereocenters. The second-order valence-electron chi connectivity index (χ2n) is 7.83. The fourth-order valence-corrected chi connectivity index (χ4v) is 3.59. The monoisotopic (exact) mass is 560 g/mol. The van der Waals surface area contributed by atoms with Gasteiger partial charge in [-0.3, -0.25) is 9.36 Å². The summed E-state index contributed by atoms with van der Waals surface area (Å²) in [5.41, 5.74) is -4.43. The van der Waals surface area contributed by atoms with Gasteiger partial charge >= 0.3 is 17.8 Å². The number of halogens is 5. The van der Waals surface area contributed by atoms with Crippen molar-refractivity contribution in [3.05, 3.63) is 79.3 Å². The number of ether oxygens (including phenoxy) is 4. The van der Waals surface area contributed by atoms with Gasteiger partial charge in [0.05, 0.1) is 24.9 Å². The lowest BCUT2D eigenvalue weighted by atomic mass is 10.2. The zero-order valence-electron chi connectivity index (χ0n) is 20.4. The Morgan fingerprint density at radius 3 is 2.34 bits per heavy atom. The predicted molar refractivity (Wildman–Crippen MR) is 127 cm³/mol. The summed E-state index contributed by atoms with van der Waals surface area (Å²) in [5, 5.41) is -0.221. The van der Waals surface area contributed by atoms with E-state index in [1.807, 2.05) is 0 Å². The molecule has 0 N–H and O–H groups in total. The molecule has 3 aromatic rings. The van der Waals surface area contributed by atoms with Crippen molar-refractivity contribution in [3.63, 3.8) is 0 Å². The Kier molecular flexibility index (Phi) is 8.40. The molecule has 0 radical (unpaired) electrons. The Morgan fingerprint density at radius 1 is 1.05 bits per heavy atom. The summed E-state index contributed by atoms with van der Waals surface area (Å²) >= 11 is 6.06. The summed E-state index contributed by atoms with van der Waals surface area (Å²) in [6, 6.07) is 6.51. The molecular weight excluding hydrogens is 540 g/mol. The van der Waals surface area contributed by atoms with E-state index in [1.165, 1.54) is 33.3 Å². The van der Waals surface area contributed by atoms with Crippen LogP contribution in [-0.2, 0) is 29.4 Å². The number of esters is 1. The van der Waals surface area contributed by atoms with Crippen LogP contribution in [0.3, 0.4) is 0 Å². The van der Waals surface area contributed by atoms with Gasteiger partial charge in [0.15, 0.2) is 17.6 Å². The van der Waals surface area contributed by atoms with Crippen LogP contribution in [0.1, 0.15) is 18.2 Å². The van der Waals surface area contributed by atoms with Crippen LogP contribution in [0.5, 0.6) is 17.2 Å². The fraction of sp³-hybridized carbons (Fsp3) is 0.292. The van der Waals surface area contributed by atoms with Crippen molar-refractivity contribution < 1.29 is 41.3 Å². The first-order chi connectivity index (χ1) is 17.8. The number of alkyl halides is 3. The standard InChI is InChI=1S/C24H21ClF4N2O7/c1-12(22(33)36-4)38-17-6-5-13(7-19(17)35-3)11-37-18-9-16(15(26)8-14(18)25)31-21(32)10-20(24(27,28)29)30(2)23(31)34/h5-10,12H,11H2,1-4H3. The summed E-state index contributed by atoms with van der Waals surface area (Å²) in [5.74, 6) is -1.38. The van der Waals surface area contributed by atoms with Crippen LogP contribution in [-0.4, -0.2) is 35.4 Å². The topological polar surface area (TPSA) is 98.0 Å². The van der Waals surface area contributed by atoms with E-state index in [-0.39, 0.29) is 44.1 Å². The van der Waals surface area contributed by atoms with Crippen molar-refractivity contribution in [2.24, 2.45) is 7.05 Å². The number of hydrogen-bond donors (Lipinski definition) is 0. The van der Waals surface area contributed by atoms with Crippen LogP contribution >= 0.6 is 11.6 Å². The molecule has 0 bridgehead atoms. The number of benzene rings is 2. The molecule has 0 aliphatic carbocycles. The van der Waals surface area contributed by atoms with Crippen LogP contribution in [0.2, 0.25) is 5.02 Å². The van der Waals surface area contributed by atoms with Crippen LogP contribution in [0.15, 0.2) is 46.0 Å². The van der Waals surface area contributed by atoms with E-state index < -0.39 is 46.7 Å². The van der Waals surface area contributed by atoms with Gasteiger partial charge in [-0.05, 0) is 30.7 Å². The van der Waals surface area contributed by atoms with Gasteiger partial charge < -0.3 is 18.9 Å². The number of carbonyl (C=O) groups is 1. The zero-order chi connectivity index (χ0) is 28.4. The third kappa shape index (κ3) is 5.93. The third-order valence-electron chi connectivity index (χ3n) is 5.31. The summed E-state index contributed by atoms with van der Waals surface area (Å²) in [6.07, 6.45) is -5.88. The largest absolute Gasteiger partial charge is 0.493 e. The Balaban J connectivity index is 1.93. The smallest absolute Gasteiger partial charge is 0.431 e. The van der Waals surface area contributed by atoms with E-state index in [9.17, 15) is 31.9 Å². The molecule has 0 aliphatic rings. The molecule has 204 valence electrons. The van der Waals surface area contributed by atoms with Gasteiger partial charge in [-0.15, -0.1) is 0 Å². The second kappa shape index (κ2) is 11.2. The Morgan fingerprint density at radius 2 is 1.74 bits per heavy atom. The summed E-state index contributed by atoms with van der Waals surface area (Å²) in [7, 11) is 3.40. The normalized spacial score (nSPS) is 12.1. The maximum absolute atomic E-state index is 14.7. The van der Waals surface area contributed by atoms with Gasteiger partial charge in [0.1, 0.15) is 23.9 Å². The number of carbonyl (C=O) groups excluding carboxylic acids is 1. The molecule has 1 unspecified atom stereocenters. The first-order valence-electron chi connectivity index (χ1n) is 10.7. The van der Waals surface area contributed by atoms with Gasteiger partial charge in [-0.25, -0.2) is 18.5 Å². The summed E-state index contributed by atoms with van der Waals surface area (Å²) in [4.78, 5) is 36.5. The maximum atomic E-state index is 14.7. The highest BCUT2D eigenvalue weighted by atomic mass is 35.5. The first-order valence-corrected chi connectivity index (χ1v) is 11.1. The van der Waals surface area contributed by atoms with Crippen LogP contribution in [0.4, 0.5) is 17.6 Å². The van der Waals surface area contributed by atoms with E-state index in [0.29, 0.717) is 5.56 Å². The van der Waals surface area contributed by atoms with Crippen LogP contribution < -0.4 is 25.5 Å². The minimum absolute atomic E-state index is 0.157. The van der Waals surface area contributed by atoms with E-state index in [0.717, 1.165) is 19.2 Å². The highest BCUT2D eigenvalue weighted by molar-refractivity contribution is 6.32. The van der Waals surface area contributed by atoms with Crippen molar-refractivity contribution in [1.82, 2.24) is 9.13 Å². The average molecular weight is 561 g/mol. The molecule has 0 spiro atoms. The maximum Gasteiger partial charge on any atom is 0.431 e. The highest BCUT2D eigenvalue weighted by Crippen LogP contribution is 2.33. The Hall–Kier alpha value is -4.00. The molecule has 9 nitrogen and oxygen atoms in total. The van der Waals surface area contributed by atoms with Crippen LogP contribution in [0, 0.1) is 5.82 Å². The first kappa shape index (κ1) is 28.6. The minimum atomic E-state index is -4.97. The summed E-state index contributed by atoms with van der Waals surface area (Å²) in [6.45, 7) is 1.33. The SMILES string of the molecule is COC(=O)C(C)Oc1ccc(COc2cc(-n3c(=O)cc(C(F)(F)F)n(C)c3=O)c(F)cc2Cl)cc1OC. The molecular formula is C24H21ClF4N2O7. The molecule has 0 saturated heterocycles. The van der Waals surface area contributed by atoms with Gasteiger partial charge in [-0.2, -0.15) is 13.2 Å². The highest BCUT2D eigenvalue weighted by Gasteiger charge is 2.35. The molecule has 38 heavy (non-hydrogen) atoms. The van der Waals surface area contributed by atoms with Gasteiger partial charge in [0.25, 0.3) is 5.56 Å². The predicted octanol–water partition coefficient (Wildman–Crippen LogP) is 3.88. The fourth-order valence-electron chi connectivity index (χ4n) is 3.38. The zero-order valence-corrected chi connectivity index (χ0v) is 21.1. The van der Waals surface area contributed by atoms with E-state index in [1.54, 1.807) is 6.07 Å². The lowest BCUT2D eigenvalue weighted by Crippen LogP contribution is -2.41. The molecule has 0 fully saturated rings. The van der Waals surface area contributed by atoms with E-state index >= 15 is 0 Å². The molecule has 1 aromatic heterocycles. The molecule has 0 amide bonds. The Bertz CT molecular complexity index is 1480. The third-order valence-corrected chi connectivity index (χ3v) is 5.61. The number of rotatable bonds is 8. The summed E-state index contributed by atoms with van der Waals surface area (Å²) < 4.78 is 75.6. The second-order valence-corrected chi connectivity index (χ2v) is 8.24. The molecule has 1 heterocycles. The van der Waals surface area contributed by atoms with Crippen molar-refractivity contribution >= 4 is 17.6 Å². The number of nitrogens with zero attached hydrogens (tertiary/aromatic N) is 2.